The molecule has 1 fully saturated rings. The highest BCUT2D eigenvalue weighted by atomic mass is 79.9. The molecule has 1 aromatic carbocycles. The van der Waals surface area contributed by atoms with Crippen LogP contribution in [0, 0.1) is 5.82 Å². The van der Waals surface area contributed by atoms with E-state index in [9.17, 15) is 4.39 Å². The molecule has 2 nitrogen and oxygen atoms in total. The molecular weight excluding hydrogens is 295 g/mol. The van der Waals surface area contributed by atoms with E-state index in [1.165, 1.54) is 6.07 Å². The highest BCUT2D eigenvalue weighted by Crippen LogP contribution is 2.24. The molecule has 1 saturated heterocycles. The first-order valence-corrected chi connectivity index (χ1v) is 7.18. The molecule has 0 atom stereocenters. The Kier molecular flexibility index (Phi) is 4.41. The van der Waals surface area contributed by atoms with Crippen LogP contribution in [0.25, 0.3) is 0 Å². The zero-order chi connectivity index (χ0) is 13.2. The Morgan fingerprint density at radius 3 is 2.67 bits per heavy atom. The van der Waals surface area contributed by atoms with Crippen molar-refractivity contribution in [2.45, 2.75) is 25.8 Å². The molecule has 4 heteroatoms. The van der Waals surface area contributed by atoms with Crippen molar-refractivity contribution in [1.29, 1.82) is 0 Å². The van der Waals surface area contributed by atoms with Gasteiger partial charge in [-0.05, 0) is 44.0 Å². The van der Waals surface area contributed by atoms with Crippen LogP contribution in [0.3, 0.4) is 0 Å². The van der Waals surface area contributed by atoms with E-state index in [0.29, 0.717) is 0 Å². The summed E-state index contributed by atoms with van der Waals surface area (Å²) in [5.74, 6) is -0.110. The second-order valence-electron chi connectivity index (χ2n) is 5.46. The van der Waals surface area contributed by atoms with Gasteiger partial charge in [0.25, 0.3) is 0 Å². The molecule has 0 amide bonds. The summed E-state index contributed by atoms with van der Waals surface area (Å²) in [6.45, 7) is 8.48. The third-order valence-corrected chi connectivity index (χ3v) is 4.10. The standard InChI is InChI=1S/C14H20BrFN2/c1-14(2,18-7-5-17-6-8-18)10-11-9-12(15)3-4-13(11)16/h3-4,9,17H,5-8,10H2,1-2H3. The zero-order valence-electron chi connectivity index (χ0n) is 11.0. The van der Waals surface area contributed by atoms with E-state index in [2.05, 4.69) is 40.0 Å². The van der Waals surface area contributed by atoms with Gasteiger partial charge in [-0.15, -0.1) is 0 Å². The summed E-state index contributed by atoms with van der Waals surface area (Å²) in [5.41, 5.74) is 0.775. The van der Waals surface area contributed by atoms with E-state index in [0.717, 1.165) is 42.6 Å². The Morgan fingerprint density at radius 1 is 1.33 bits per heavy atom. The lowest BCUT2D eigenvalue weighted by Crippen LogP contribution is -2.54. The van der Waals surface area contributed by atoms with Crippen molar-refractivity contribution in [3.63, 3.8) is 0 Å². The molecule has 0 radical (unpaired) electrons. The van der Waals surface area contributed by atoms with Crippen LogP contribution in [-0.2, 0) is 6.42 Å². The van der Waals surface area contributed by atoms with Gasteiger partial charge in [0.2, 0.25) is 0 Å². The van der Waals surface area contributed by atoms with Gasteiger partial charge in [-0.25, -0.2) is 4.39 Å². The number of piperazine rings is 1. The van der Waals surface area contributed by atoms with Gasteiger partial charge in [0.15, 0.2) is 0 Å². The van der Waals surface area contributed by atoms with Crippen LogP contribution < -0.4 is 5.32 Å². The van der Waals surface area contributed by atoms with Crippen molar-refractivity contribution in [2.75, 3.05) is 26.2 Å². The van der Waals surface area contributed by atoms with Crippen molar-refractivity contribution >= 4 is 15.9 Å². The van der Waals surface area contributed by atoms with Crippen LogP contribution in [0.15, 0.2) is 22.7 Å². The van der Waals surface area contributed by atoms with Crippen molar-refractivity contribution in [1.82, 2.24) is 10.2 Å². The number of rotatable bonds is 3. The molecule has 2 rings (SSSR count). The Hall–Kier alpha value is -0.450. The van der Waals surface area contributed by atoms with Gasteiger partial charge in [0.05, 0.1) is 0 Å². The van der Waals surface area contributed by atoms with Gasteiger partial charge < -0.3 is 5.32 Å². The number of nitrogens with zero attached hydrogens (tertiary/aromatic N) is 1. The molecule has 1 heterocycles. The van der Waals surface area contributed by atoms with Gasteiger partial charge in [-0.3, -0.25) is 4.90 Å². The summed E-state index contributed by atoms with van der Waals surface area (Å²) in [6.07, 6.45) is 0.734. The quantitative estimate of drug-likeness (QED) is 0.923. The maximum atomic E-state index is 13.8. The predicted octanol–water partition coefficient (Wildman–Crippen LogP) is 2.81. The van der Waals surface area contributed by atoms with Crippen molar-refractivity contribution in [3.8, 4) is 0 Å². The Morgan fingerprint density at radius 2 is 2.00 bits per heavy atom. The fourth-order valence-corrected chi connectivity index (χ4v) is 2.94. The van der Waals surface area contributed by atoms with Gasteiger partial charge in [0, 0.05) is 36.2 Å². The molecule has 1 aliphatic heterocycles. The Labute approximate surface area is 117 Å². The summed E-state index contributed by atoms with van der Waals surface area (Å²) in [7, 11) is 0. The van der Waals surface area contributed by atoms with E-state index in [-0.39, 0.29) is 11.4 Å². The predicted molar refractivity (Wildman–Crippen MR) is 76.3 cm³/mol. The maximum Gasteiger partial charge on any atom is 0.126 e. The number of halogens is 2. The minimum Gasteiger partial charge on any atom is -0.314 e. The van der Waals surface area contributed by atoms with Crippen LogP contribution in [0.1, 0.15) is 19.4 Å². The van der Waals surface area contributed by atoms with Gasteiger partial charge in [0.1, 0.15) is 5.82 Å². The third-order valence-electron chi connectivity index (χ3n) is 3.60. The second-order valence-corrected chi connectivity index (χ2v) is 6.38. The number of hydrogen-bond donors (Lipinski definition) is 1. The molecule has 100 valence electrons. The van der Waals surface area contributed by atoms with E-state index in [4.69, 9.17) is 0 Å². The summed E-state index contributed by atoms with van der Waals surface area (Å²) in [4.78, 5) is 2.43. The van der Waals surface area contributed by atoms with Crippen LogP contribution in [-0.4, -0.2) is 36.6 Å². The molecule has 0 bridgehead atoms. The topological polar surface area (TPSA) is 15.3 Å². The fourth-order valence-electron chi connectivity index (χ4n) is 2.53. The molecule has 18 heavy (non-hydrogen) atoms. The first kappa shape index (κ1) is 14.0. The number of benzene rings is 1. The second kappa shape index (κ2) is 5.68. The fraction of sp³-hybridized carbons (Fsp3) is 0.571. The van der Waals surface area contributed by atoms with E-state index in [1.807, 2.05) is 6.07 Å². The minimum atomic E-state index is -0.110. The van der Waals surface area contributed by atoms with Crippen LogP contribution >= 0.6 is 15.9 Å². The SMILES string of the molecule is CC(C)(Cc1cc(Br)ccc1F)N1CCNCC1. The summed E-state index contributed by atoms with van der Waals surface area (Å²) >= 11 is 3.41. The number of nitrogens with one attached hydrogen (secondary N) is 1. The van der Waals surface area contributed by atoms with E-state index in [1.54, 1.807) is 6.07 Å². The smallest absolute Gasteiger partial charge is 0.126 e. The normalized spacial score (nSPS) is 18.0. The monoisotopic (exact) mass is 314 g/mol. The molecule has 0 aliphatic carbocycles. The van der Waals surface area contributed by atoms with Crippen molar-refractivity contribution < 1.29 is 4.39 Å². The highest BCUT2D eigenvalue weighted by molar-refractivity contribution is 9.10. The van der Waals surface area contributed by atoms with Crippen LogP contribution in [0.5, 0.6) is 0 Å². The Balaban J connectivity index is 2.13. The molecule has 1 N–H and O–H groups in total. The van der Waals surface area contributed by atoms with Gasteiger partial charge in [-0.2, -0.15) is 0 Å². The Bertz CT molecular complexity index is 414. The zero-order valence-corrected chi connectivity index (χ0v) is 12.6. The lowest BCUT2D eigenvalue weighted by atomic mass is 9.92. The van der Waals surface area contributed by atoms with Crippen molar-refractivity contribution in [2.24, 2.45) is 0 Å². The molecule has 1 aromatic rings. The van der Waals surface area contributed by atoms with E-state index >= 15 is 0 Å². The molecule has 0 aromatic heterocycles. The van der Waals surface area contributed by atoms with Crippen LogP contribution in [0.4, 0.5) is 4.39 Å². The summed E-state index contributed by atoms with van der Waals surface area (Å²) in [6, 6.07) is 5.17. The van der Waals surface area contributed by atoms with Crippen LogP contribution in [0.2, 0.25) is 0 Å². The molecule has 1 aliphatic rings. The number of hydrogen-bond acceptors (Lipinski definition) is 2. The molecule has 0 unspecified atom stereocenters. The minimum absolute atomic E-state index is 0.0102. The maximum absolute atomic E-state index is 13.8. The lowest BCUT2D eigenvalue weighted by Gasteiger charge is -2.41. The average Bonchev–Trinajstić information content (AvgIpc) is 2.35. The average molecular weight is 315 g/mol. The summed E-state index contributed by atoms with van der Waals surface area (Å²) in [5, 5.41) is 3.35. The first-order valence-electron chi connectivity index (χ1n) is 6.39. The third kappa shape index (κ3) is 3.31. The first-order chi connectivity index (χ1) is 8.49. The summed E-state index contributed by atoms with van der Waals surface area (Å²) < 4.78 is 14.8. The van der Waals surface area contributed by atoms with Crippen molar-refractivity contribution in [3.05, 3.63) is 34.1 Å². The lowest BCUT2D eigenvalue weighted by molar-refractivity contribution is 0.103. The largest absolute Gasteiger partial charge is 0.314 e. The van der Waals surface area contributed by atoms with Gasteiger partial charge >= 0.3 is 0 Å². The molecule has 0 spiro atoms. The van der Waals surface area contributed by atoms with E-state index < -0.39 is 0 Å². The van der Waals surface area contributed by atoms with Gasteiger partial charge in [-0.1, -0.05) is 15.9 Å². The highest BCUT2D eigenvalue weighted by Gasteiger charge is 2.28. The molecular formula is C14H20BrFN2. The molecule has 0 saturated carbocycles.